The maximum Gasteiger partial charge on any atom is 0.268 e. The fourth-order valence-electron chi connectivity index (χ4n) is 1.99. The first-order chi connectivity index (χ1) is 10.6. The van der Waals surface area contributed by atoms with E-state index in [1.165, 1.54) is 17.4 Å². The van der Waals surface area contributed by atoms with Crippen LogP contribution in [-0.2, 0) is 0 Å². The number of nitrogens with zero attached hydrogens (tertiary/aromatic N) is 2. The first-order valence-electron chi connectivity index (χ1n) is 6.22. The highest BCUT2D eigenvalue weighted by atomic mass is 35.5. The topological polar surface area (TPSA) is 68.9 Å². The third kappa shape index (κ3) is 2.70. The molecule has 0 unspecified atom stereocenters. The lowest BCUT2D eigenvalue weighted by molar-refractivity contribution is 0.0996. The Kier molecular flexibility index (Phi) is 3.87. The molecular formula is C15H9ClFN3OS. The largest absolute Gasteiger partial charge is 0.364 e. The molecule has 0 aliphatic rings. The standard InChI is InChI=1S/C15H9ClFN3OS/c16-11-4-2-1-3-9(11)12-7-22-15(20-12)10-5-8(17)6-19-13(10)14(18)21/h1-7H,(H2,18,21). The Morgan fingerprint density at radius 1 is 1.27 bits per heavy atom. The molecule has 7 heteroatoms. The van der Waals surface area contributed by atoms with Crippen LogP contribution in [0.5, 0.6) is 0 Å². The molecule has 0 radical (unpaired) electrons. The Bertz CT molecular complexity index is 865. The zero-order valence-corrected chi connectivity index (χ0v) is 12.7. The quantitative estimate of drug-likeness (QED) is 0.793. The lowest BCUT2D eigenvalue weighted by atomic mass is 10.1. The molecule has 22 heavy (non-hydrogen) atoms. The van der Waals surface area contributed by atoms with E-state index >= 15 is 0 Å². The van der Waals surface area contributed by atoms with Gasteiger partial charge in [-0.25, -0.2) is 14.4 Å². The molecule has 0 atom stereocenters. The fourth-order valence-corrected chi connectivity index (χ4v) is 3.06. The molecule has 0 aliphatic carbocycles. The number of nitrogens with two attached hydrogens (primary N) is 1. The van der Waals surface area contributed by atoms with Crippen LogP contribution in [0.3, 0.4) is 0 Å². The molecule has 0 saturated carbocycles. The van der Waals surface area contributed by atoms with E-state index in [0.717, 1.165) is 11.8 Å². The Balaban J connectivity index is 2.11. The summed E-state index contributed by atoms with van der Waals surface area (Å²) in [4.78, 5) is 19.6. The van der Waals surface area contributed by atoms with E-state index in [9.17, 15) is 9.18 Å². The summed E-state index contributed by atoms with van der Waals surface area (Å²) >= 11 is 7.40. The Morgan fingerprint density at radius 3 is 2.77 bits per heavy atom. The molecular weight excluding hydrogens is 325 g/mol. The first kappa shape index (κ1) is 14.6. The molecule has 4 nitrogen and oxygen atoms in total. The summed E-state index contributed by atoms with van der Waals surface area (Å²) in [5.74, 6) is -1.29. The van der Waals surface area contributed by atoms with Gasteiger partial charge in [-0.2, -0.15) is 0 Å². The molecule has 110 valence electrons. The number of halogens is 2. The Hall–Kier alpha value is -2.31. The van der Waals surface area contributed by atoms with Gasteiger partial charge < -0.3 is 5.73 Å². The number of hydrogen-bond donors (Lipinski definition) is 1. The van der Waals surface area contributed by atoms with Gasteiger partial charge in [0.1, 0.15) is 16.5 Å². The molecule has 1 amide bonds. The van der Waals surface area contributed by atoms with Gasteiger partial charge in [-0.15, -0.1) is 11.3 Å². The number of pyridine rings is 1. The number of carbonyl (C=O) groups is 1. The molecule has 1 aromatic carbocycles. The minimum absolute atomic E-state index is 0.0125. The van der Waals surface area contributed by atoms with Crippen molar-refractivity contribution < 1.29 is 9.18 Å². The molecule has 0 saturated heterocycles. The van der Waals surface area contributed by atoms with E-state index in [1.807, 2.05) is 18.2 Å². The minimum Gasteiger partial charge on any atom is -0.364 e. The smallest absolute Gasteiger partial charge is 0.268 e. The normalized spacial score (nSPS) is 10.6. The van der Waals surface area contributed by atoms with Gasteiger partial charge in [-0.1, -0.05) is 29.8 Å². The summed E-state index contributed by atoms with van der Waals surface area (Å²) in [6, 6.07) is 8.45. The summed E-state index contributed by atoms with van der Waals surface area (Å²) in [5.41, 5.74) is 6.94. The highest BCUT2D eigenvalue weighted by molar-refractivity contribution is 7.13. The van der Waals surface area contributed by atoms with Crippen molar-refractivity contribution in [3.63, 3.8) is 0 Å². The van der Waals surface area contributed by atoms with E-state index < -0.39 is 11.7 Å². The van der Waals surface area contributed by atoms with Crippen LogP contribution in [0.1, 0.15) is 10.5 Å². The minimum atomic E-state index is -0.732. The Morgan fingerprint density at radius 2 is 2.05 bits per heavy atom. The van der Waals surface area contributed by atoms with Gasteiger partial charge >= 0.3 is 0 Å². The van der Waals surface area contributed by atoms with Gasteiger partial charge in [0.05, 0.1) is 11.9 Å². The number of rotatable bonds is 3. The number of hydrogen-bond acceptors (Lipinski definition) is 4. The van der Waals surface area contributed by atoms with Crippen LogP contribution in [0, 0.1) is 5.82 Å². The number of benzene rings is 1. The van der Waals surface area contributed by atoms with Crippen LogP contribution >= 0.6 is 22.9 Å². The van der Waals surface area contributed by atoms with E-state index in [4.69, 9.17) is 17.3 Å². The molecule has 2 N–H and O–H groups in total. The second kappa shape index (κ2) is 5.82. The molecule has 2 aromatic heterocycles. The molecule has 0 aliphatic heterocycles. The van der Waals surface area contributed by atoms with Crippen LogP contribution in [0.2, 0.25) is 5.02 Å². The highest BCUT2D eigenvalue weighted by Gasteiger charge is 2.17. The maximum absolute atomic E-state index is 13.4. The number of primary amides is 1. The summed E-state index contributed by atoms with van der Waals surface area (Å²) < 4.78 is 13.4. The zero-order chi connectivity index (χ0) is 15.7. The van der Waals surface area contributed by atoms with Crippen LogP contribution < -0.4 is 5.73 Å². The van der Waals surface area contributed by atoms with E-state index in [0.29, 0.717) is 15.7 Å². The van der Waals surface area contributed by atoms with Gasteiger partial charge in [0.15, 0.2) is 0 Å². The third-order valence-corrected chi connectivity index (χ3v) is 4.18. The second-order valence-electron chi connectivity index (χ2n) is 4.43. The SMILES string of the molecule is NC(=O)c1ncc(F)cc1-c1nc(-c2ccccc2Cl)cs1. The second-order valence-corrected chi connectivity index (χ2v) is 5.70. The van der Waals surface area contributed by atoms with Crippen LogP contribution in [0.4, 0.5) is 4.39 Å². The van der Waals surface area contributed by atoms with Crippen molar-refractivity contribution >= 4 is 28.8 Å². The number of carbonyl (C=O) groups excluding carboxylic acids is 1. The molecule has 0 spiro atoms. The number of thiazole rings is 1. The molecule has 3 rings (SSSR count). The monoisotopic (exact) mass is 333 g/mol. The van der Waals surface area contributed by atoms with Gasteiger partial charge in [-0.05, 0) is 12.1 Å². The van der Waals surface area contributed by atoms with Gasteiger partial charge in [0.2, 0.25) is 0 Å². The van der Waals surface area contributed by atoms with Crippen molar-refractivity contribution in [2.45, 2.75) is 0 Å². The number of aromatic nitrogens is 2. The predicted octanol–water partition coefficient (Wildman–Crippen LogP) is 3.76. The van der Waals surface area contributed by atoms with E-state index in [2.05, 4.69) is 9.97 Å². The van der Waals surface area contributed by atoms with Crippen molar-refractivity contribution in [2.75, 3.05) is 0 Å². The van der Waals surface area contributed by atoms with Gasteiger partial charge in [0, 0.05) is 21.5 Å². The predicted molar refractivity (Wildman–Crippen MR) is 84.3 cm³/mol. The lowest BCUT2D eigenvalue weighted by Gasteiger charge is -2.03. The number of amides is 1. The molecule has 0 fully saturated rings. The molecule has 0 bridgehead atoms. The van der Waals surface area contributed by atoms with Gasteiger partial charge in [0.25, 0.3) is 5.91 Å². The maximum atomic E-state index is 13.4. The summed E-state index contributed by atoms with van der Waals surface area (Å²) in [5, 5.41) is 2.80. The van der Waals surface area contributed by atoms with Crippen molar-refractivity contribution in [2.24, 2.45) is 5.73 Å². The van der Waals surface area contributed by atoms with E-state index in [-0.39, 0.29) is 11.3 Å². The van der Waals surface area contributed by atoms with Crippen molar-refractivity contribution in [3.05, 3.63) is 58.4 Å². The average Bonchev–Trinajstić information content (AvgIpc) is 2.97. The van der Waals surface area contributed by atoms with Crippen LogP contribution in [0.15, 0.2) is 41.9 Å². The van der Waals surface area contributed by atoms with E-state index in [1.54, 1.807) is 11.4 Å². The van der Waals surface area contributed by atoms with Crippen LogP contribution in [0.25, 0.3) is 21.8 Å². The Labute approximate surface area is 134 Å². The fraction of sp³-hybridized carbons (Fsp3) is 0. The molecule has 3 aromatic rings. The summed E-state index contributed by atoms with van der Waals surface area (Å²) in [6.45, 7) is 0. The van der Waals surface area contributed by atoms with Gasteiger partial charge in [-0.3, -0.25) is 4.79 Å². The third-order valence-electron chi connectivity index (χ3n) is 2.97. The zero-order valence-electron chi connectivity index (χ0n) is 11.1. The van der Waals surface area contributed by atoms with Crippen molar-refractivity contribution in [1.82, 2.24) is 9.97 Å². The highest BCUT2D eigenvalue weighted by Crippen LogP contribution is 2.33. The van der Waals surface area contributed by atoms with Crippen molar-refractivity contribution in [3.8, 4) is 21.8 Å². The first-order valence-corrected chi connectivity index (χ1v) is 7.48. The van der Waals surface area contributed by atoms with Crippen molar-refractivity contribution in [1.29, 1.82) is 0 Å². The molecule has 2 heterocycles. The average molecular weight is 334 g/mol. The summed E-state index contributed by atoms with van der Waals surface area (Å²) in [7, 11) is 0. The van der Waals surface area contributed by atoms with Crippen LogP contribution in [-0.4, -0.2) is 15.9 Å². The lowest BCUT2D eigenvalue weighted by Crippen LogP contribution is -2.14. The summed E-state index contributed by atoms with van der Waals surface area (Å²) in [6.07, 6.45) is 0.951.